The highest BCUT2D eigenvalue weighted by Crippen LogP contribution is 2.29. The van der Waals surface area contributed by atoms with E-state index in [1.165, 1.54) is 0 Å². The van der Waals surface area contributed by atoms with Gasteiger partial charge in [-0.05, 0) is 42.7 Å². The summed E-state index contributed by atoms with van der Waals surface area (Å²) in [5, 5.41) is 5.80. The standard InChI is InChI=1S/C27H24ClN3O3/c1-17-13-14-21(25(32)29-18(2)20-11-7-4-8-12-20)15-22(17)30-24-23(28)26(33)31(27(24)34)16-19-9-5-3-6-10-19/h3-15,18,30H,16H2,1-2H3,(H,29,32). The van der Waals surface area contributed by atoms with Crippen LogP contribution < -0.4 is 10.6 Å². The van der Waals surface area contributed by atoms with Crippen LogP contribution in [0.1, 0.15) is 40.0 Å². The van der Waals surface area contributed by atoms with Crippen LogP contribution in [0.5, 0.6) is 0 Å². The van der Waals surface area contributed by atoms with E-state index < -0.39 is 11.8 Å². The fourth-order valence-electron chi connectivity index (χ4n) is 3.70. The molecule has 6 nitrogen and oxygen atoms in total. The van der Waals surface area contributed by atoms with Gasteiger partial charge in [0.15, 0.2) is 0 Å². The number of rotatable bonds is 7. The minimum Gasteiger partial charge on any atom is -0.349 e. The second kappa shape index (κ2) is 9.93. The van der Waals surface area contributed by atoms with Gasteiger partial charge in [-0.1, -0.05) is 78.3 Å². The van der Waals surface area contributed by atoms with Crippen molar-refractivity contribution in [2.75, 3.05) is 5.32 Å². The molecule has 34 heavy (non-hydrogen) atoms. The Morgan fingerprint density at radius 1 is 0.941 bits per heavy atom. The molecule has 0 aliphatic carbocycles. The molecule has 3 amide bonds. The van der Waals surface area contributed by atoms with Crippen LogP contribution in [0.3, 0.4) is 0 Å². The summed E-state index contributed by atoms with van der Waals surface area (Å²) in [4.78, 5) is 39.6. The molecule has 1 atom stereocenters. The van der Waals surface area contributed by atoms with Crippen molar-refractivity contribution >= 4 is 35.0 Å². The monoisotopic (exact) mass is 473 g/mol. The average molecular weight is 474 g/mol. The summed E-state index contributed by atoms with van der Waals surface area (Å²) >= 11 is 6.25. The van der Waals surface area contributed by atoms with Crippen molar-refractivity contribution in [3.8, 4) is 0 Å². The minimum absolute atomic E-state index is 0.000842. The van der Waals surface area contributed by atoms with Gasteiger partial charge >= 0.3 is 0 Å². The number of hydrogen-bond donors (Lipinski definition) is 2. The van der Waals surface area contributed by atoms with Crippen molar-refractivity contribution in [1.82, 2.24) is 10.2 Å². The van der Waals surface area contributed by atoms with Gasteiger partial charge in [-0.2, -0.15) is 0 Å². The fraction of sp³-hybridized carbons (Fsp3) is 0.148. The third kappa shape index (κ3) is 4.87. The van der Waals surface area contributed by atoms with Crippen LogP contribution in [0.2, 0.25) is 0 Å². The summed E-state index contributed by atoms with van der Waals surface area (Å²) in [6, 6.07) is 23.8. The number of carbonyl (C=O) groups excluding carboxylic acids is 3. The lowest BCUT2D eigenvalue weighted by atomic mass is 10.1. The summed E-state index contributed by atoms with van der Waals surface area (Å²) in [5.41, 5.74) is 3.55. The maximum Gasteiger partial charge on any atom is 0.279 e. The first-order chi connectivity index (χ1) is 16.3. The molecule has 0 saturated heterocycles. The lowest BCUT2D eigenvalue weighted by Crippen LogP contribution is -2.31. The van der Waals surface area contributed by atoms with Gasteiger partial charge in [-0.25, -0.2) is 0 Å². The smallest absolute Gasteiger partial charge is 0.279 e. The molecule has 1 aliphatic heterocycles. The third-order valence-corrected chi connectivity index (χ3v) is 6.05. The molecule has 3 aromatic carbocycles. The summed E-state index contributed by atoms with van der Waals surface area (Å²) in [7, 11) is 0. The minimum atomic E-state index is -0.554. The molecule has 0 aromatic heterocycles. The van der Waals surface area contributed by atoms with Crippen LogP contribution in [0.15, 0.2) is 89.6 Å². The SMILES string of the molecule is Cc1ccc(C(=O)NC(C)c2ccccc2)cc1NC1=C(Cl)C(=O)N(Cc2ccccc2)C1=O. The summed E-state index contributed by atoms with van der Waals surface area (Å²) < 4.78 is 0. The predicted molar refractivity (Wildman–Crippen MR) is 132 cm³/mol. The van der Waals surface area contributed by atoms with Gasteiger partial charge in [0.05, 0.1) is 12.6 Å². The number of anilines is 1. The Morgan fingerprint density at radius 2 is 1.59 bits per heavy atom. The molecule has 0 radical (unpaired) electrons. The number of amides is 3. The van der Waals surface area contributed by atoms with Gasteiger partial charge in [-0.3, -0.25) is 19.3 Å². The highest BCUT2D eigenvalue weighted by Gasteiger charge is 2.38. The predicted octanol–water partition coefficient (Wildman–Crippen LogP) is 4.92. The van der Waals surface area contributed by atoms with E-state index in [4.69, 9.17) is 11.6 Å². The number of nitrogens with zero attached hydrogens (tertiary/aromatic N) is 1. The lowest BCUT2D eigenvalue weighted by Gasteiger charge is -2.17. The Hall–Kier alpha value is -3.90. The molecule has 1 aliphatic rings. The average Bonchev–Trinajstić information content (AvgIpc) is 3.04. The molecule has 0 spiro atoms. The quantitative estimate of drug-likeness (QED) is 0.477. The first-order valence-corrected chi connectivity index (χ1v) is 11.3. The van der Waals surface area contributed by atoms with E-state index in [0.717, 1.165) is 21.6 Å². The molecule has 172 valence electrons. The van der Waals surface area contributed by atoms with E-state index in [1.807, 2.05) is 74.5 Å². The van der Waals surface area contributed by atoms with Gasteiger partial charge in [0.25, 0.3) is 17.7 Å². The van der Waals surface area contributed by atoms with E-state index >= 15 is 0 Å². The molecule has 7 heteroatoms. The van der Waals surface area contributed by atoms with Crippen molar-refractivity contribution < 1.29 is 14.4 Å². The Balaban J connectivity index is 1.51. The molecular weight excluding hydrogens is 450 g/mol. The summed E-state index contributed by atoms with van der Waals surface area (Å²) in [6.45, 7) is 3.88. The molecule has 1 heterocycles. The molecule has 0 saturated carbocycles. The van der Waals surface area contributed by atoms with Gasteiger partial charge < -0.3 is 10.6 Å². The number of nitrogens with one attached hydrogen (secondary N) is 2. The van der Waals surface area contributed by atoms with Gasteiger partial charge in [0, 0.05) is 11.3 Å². The number of aryl methyl sites for hydroxylation is 1. The zero-order chi connectivity index (χ0) is 24.2. The maximum atomic E-state index is 13.0. The van der Waals surface area contributed by atoms with Crippen molar-refractivity contribution in [3.05, 3.63) is 112 Å². The second-order valence-corrected chi connectivity index (χ2v) is 8.51. The van der Waals surface area contributed by atoms with Gasteiger partial charge in [0.2, 0.25) is 0 Å². The lowest BCUT2D eigenvalue weighted by molar-refractivity contribution is -0.138. The highest BCUT2D eigenvalue weighted by atomic mass is 35.5. The van der Waals surface area contributed by atoms with E-state index in [-0.39, 0.29) is 29.2 Å². The largest absolute Gasteiger partial charge is 0.349 e. The Labute approximate surface area is 203 Å². The highest BCUT2D eigenvalue weighted by molar-refractivity contribution is 6.48. The van der Waals surface area contributed by atoms with Crippen LogP contribution in [-0.2, 0) is 16.1 Å². The Morgan fingerprint density at radius 3 is 2.26 bits per heavy atom. The molecular formula is C27H24ClN3O3. The zero-order valence-electron chi connectivity index (χ0n) is 18.8. The Kier molecular flexibility index (Phi) is 6.80. The molecule has 3 aromatic rings. The topological polar surface area (TPSA) is 78.5 Å². The van der Waals surface area contributed by atoms with Crippen molar-refractivity contribution in [2.45, 2.75) is 26.4 Å². The summed E-state index contributed by atoms with van der Waals surface area (Å²) in [6.07, 6.45) is 0. The van der Waals surface area contributed by atoms with E-state index in [2.05, 4.69) is 10.6 Å². The first-order valence-electron chi connectivity index (χ1n) is 10.9. The van der Waals surface area contributed by atoms with Crippen molar-refractivity contribution in [3.63, 3.8) is 0 Å². The maximum absolute atomic E-state index is 13.0. The van der Waals surface area contributed by atoms with E-state index in [1.54, 1.807) is 18.2 Å². The normalized spacial score (nSPS) is 14.4. The zero-order valence-corrected chi connectivity index (χ0v) is 19.6. The molecule has 1 unspecified atom stereocenters. The summed E-state index contributed by atoms with van der Waals surface area (Å²) in [5.74, 6) is -1.31. The number of halogens is 1. The molecule has 4 rings (SSSR count). The molecule has 2 N–H and O–H groups in total. The van der Waals surface area contributed by atoms with Crippen LogP contribution in [0.4, 0.5) is 5.69 Å². The van der Waals surface area contributed by atoms with Crippen molar-refractivity contribution in [2.24, 2.45) is 0 Å². The number of benzene rings is 3. The van der Waals surface area contributed by atoms with E-state index in [0.29, 0.717) is 11.3 Å². The van der Waals surface area contributed by atoms with Gasteiger partial charge in [0.1, 0.15) is 10.7 Å². The number of hydrogen-bond acceptors (Lipinski definition) is 4. The van der Waals surface area contributed by atoms with E-state index in [9.17, 15) is 14.4 Å². The van der Waals surface area contributed by atoms with Crippen LogP contribution in [0.25, 0.3) is 0 Å². The fourth-order valence-corrected chi connectivity index (χ4v) is 3.93. The number of carbonyl (C=O) groups is 3. The molecule has 0 fully saturated rings. The Bertz CT molecular complexity index is 1270. The van der Waals surface area contributed by atoms with Crippen molar-refractivity contribution in [1.29, 1.82) is 0 Å². The second-order valence-electron chi connectivity index (χ2n) is 8.13. The first kappa shape index (κ1) is 23.3. The number of imide groups is 1. The van der Waals surface area contributed by atoms with Crippen LogP contribution in [0, 0.1) is 6.92 Å². The third-order valence-electron chi connectivity index (χ3n) is 5.70. The molecule has 0 bridgehead atoms. The van der Waals surface area contributed by atoms with Gasteiger partial charge in [-0.15, -0.1) is 0 Å². The van der Waals surface area contributed by atoms with Crippen LogP contribution in [-0.4, -0.2) is 22.6 Å². The van der Waals surface area contributed by atoms with Crippen LogP contribution >= 0.6 is 11.6 Å².